The first-order valence-electron chi connectivity index (χ1n) is 10.0. The Morgan fingerprint density at radius 3 is 1.87 bits per heavy atom. The van der Waals surface area contributed by atoms with E-state index < -0.39 is 0 Å². The number of hydrogen-bond donors (Lipinski definition) is 0. The lowest BCUT2D eigenvalue weighted by Crippen LogP contribution is -2.09. The van der Waals surface area contributed by atoms with E-state index in [0.717, 1.165) is 27.5 Å². The molecular formula is C26H19N5. The maximum Gasteiger partial charge on any atom is 0.177 e. The Hall–Kier alpha value is -4.22. The van der Waals surface area contributed by atoms with E-state index in [2.05, 4.69) is 73.1 Å². The van der Waals surface area contributed by atoms with E-state index in [9.17, 15) is 10.5 Å². The molecule has 5 nitrogen and oxygen atoms in total. The van der Waals surface area contributed by atoms with Gasteiger partial charge in [0.05, 0.1) is 11.4 Å². The first kappa shape index (κ1) is 18.8. The molecule has 0 N–H and O–H groups in total. The molecule has 1 aromatic heterocycles. The normalized spacial score (nSPS) is 11.2. The van der Waals surface area contributed by atoms with Crippen molar-refractivity contribution in [3.05, 3.63) is 65.0 Å². The van der Waals surface area contributed by atoms with Crippen molar-refractivity contribution in [3.63, 3.8) is 0 Å². The van der Waals surface area contributed by atoms with Crippen molar-refractivity contribution < 1.29 is 0 Å². The summed E-state index contributed by atoms with van der Waals surface area (Å²) >= 11 is 0. The van der Waals surface area contributed by atoms with Gasteiger partial charge in [-0.25, -0.2) is 9.97 Å². The number of benzene rings is 3. The van der Waals surface area contributed by atoms with Gasteiger partial charge in [0.1, 0.15) is 12.1 Å². The number of aromatic nitrogens is 2. The molecule has 0 unspecified atom stereocenters. The molecule has 1 aliphatic carbocycles. The number of aryl methyl sites for hydroxylation is 2. The third-order valence-electron chi connectivity index (χ3n) is 5.96. The number of nitrogens with zero attached hydrogens (tertiary/aromatic N) is 5. The van der Waals surface area contributed by atoms with E-state index >= 15 is 0 Å². The number of rotatable bonds is 2. The highest BCUT2D eigenvalue weighted by Crippen LogP contribution is 2.48. The highest BCUT2D eigenvalue weighted by molar-refractivity contribution is 6.17. The third kappa shape index (κ3) is 2.61. The van der Waals surface area contributed by atoms with Gasteiger partial charge >= 0.3 is 0 Å². The maximum absolute atomic E-state index is 9.40. The lowest BCUT2D eigenvalue weighted by Gasteiger charge is -2.19. The highest BCUT2D eigenvalue weighted by Gasteiger charge is 2.27. The molecule has 3 aromatic carbocycles. The van der Waals surface area contributed by atoms with Gasteiger partial charge in [-0.2, -0.15) is 10.5 Å². The molecule has 148 valence electrons. The predicted octanol–water partition coefficient (Wildman–Crippen LogP) is 5.37. The summed E-state index contributed by atoms with van der Waals surface area (Å²) in [6, 6.07) is 18.8. The molecule has 4 aromatic rings. The van der Waals surface area contributed by atoms with Crippen LogP contribution in [-0.2, 0) is 0 Å². The standard InChI is InChI=1S/C26H19N5/c1-14-10-16(31(3)4)11-15(2)23(14)18-8-9-20-24-17(18)6-5-7-19(24)25-26(20)30-22(13-28)21(12-27)29-25/h5-11H,1-4H3. The van der Waals surface area contributed by atoms with Crippen molar-refractivity contribution in [1.29, 1.82) is 10.5 Å². The summed E-state index contributed by atoms with van der Waals surface area (Å²) in [6.07, 6.45) is 0. The molecule has 5 rings (SSSR count). The number of nitriles is 2. The molecule has 0 aliphatic heterocycles. The SMILES string of the molecule is Cc1cc(N(C)C)cc(C)c1-c1ccc2c3c(cccc13)-c1nc(C#N)c(C#N)nc1-2. The second-order valence-corrected chi connectivity index (χ2v) is 8.08. The Labute approximate surface area is 180 Å². The average Bonchev–Trinajstić information content (AvgIpc) is 3.07. The summed E-state index contributed by atoms with van der Waals surface area (Å²) in [6.45, 7) is 4.30. The molecule has 0 bridgehead atoms. The van der Waals surface area contributed by atoms with Crippen molar-refractivity contribution >= 4 is 16.5 Å². The fourth-order valence-corrected chi connectivity index (χ4v) is 4.61. The monoisotopic (exact) mass is 401 g/mol. The molecule has 0 fully saturated rings. The summed E-state index contributed by atoms with van der Waals surface area (Å²) in [5.74, 6) is 0. The van der Waals surface area contributed by atoms with Crippen LogP contribution in [0.15, 0.2) is 42.5 Å². The summed E-state index contributed by atoms with van der Waals surface area (Å²) in [4.78, 5) is 11.1. The maximum atomic E-state index is 9.40. The van der Waals surface area contributed by atoms with Crippen LogP contribution < -0.4 is 4.90 Å². The molecule has 1 aliphatic rings. The minimum atomic E-state index is 0.0669. The minimum absolute atomic E-state index is 0.0669. The van der Waals surface area contributed by atoms with Gasteiger partial charge in [-0.3, -0.25) is 0 Å². The van der Waals surface area contributed by atoms with Gasteiger partial charge in [0.15, 0.2) is 11.4 Å². The topological polar surface area (TPSA) is 76.6 Å². The van der Waals surface area contributed by atoms with Gasteiger partial charge in [-0.15, -0.1) is 0 Å². The van der Waals surface area contributed by atoms with Crippen molar-refractivity contribution in [2.75, 3.05) is 19.0 Å². The van der Waals surface area contributed by atoms with Crippen LogP contribution in [0.2, 0.25) is 0 Å². The van der Waals surface area contributed by atoms with Crippen molar-refractivity contribution in [3.8, 4) is 45.8 Å². The molecule has 0 saturated carbocycles. The molecular weight excluding hydrogens is 382 g/mol. The Bertz CT molecular complexity index is 1430. The van der Waals surface area contributed by atoms with E-state index in [0.29, 0.717) is 11.4 Å². The van der Waals surface area contributed by atoms with Crippen LogP contribution in [0.3, 0.4) is 0 Å². The average molecular weight is 401 g/mol. The molecule has 5 heteroatoms. The zero-order chi connectivity index (χ0) is 21.9. The Morgan fingerprint density at radius 1 is 0.774 bits per heavy atom. The van der Waals surface area contributed by atoms with E-state index in [-0.39, 0.29) is 11.4 Å². The van der Waals surface area contributed by atoms with Gasteiger partial charge in [0, 0.05) is 36.3 Å². The first-order valence-corrected chi connectivity index (χ1v) is 10.0. The van der Waals surface area contributed by atoms with Crippen LogP contribution in [-0.4, -0.2) is 24.1 Å². The van der Waals surface area contributed by atoms with Crippen LogP contribution in [0.5, 0.6) is 0 Å². The zero-order valence-corrected chi connectivity index (χ0v) is 17.8. The molecule has 0 radical (unpaired) electrons. The van der Waals surface area contributed by atoms with Crippen molar-refractivity contribution in [1.82, 2.24) is 9.97 Å². The fourth-order valence-electron chi connectivity index (χ4n) is 4.61. The first-order chi connectivity index (χ1) is 14.9. The van der Waals surface area contributed by atoms with Crippen LogP contribution in [0.1, 0.15) is 22.5 Å². The minimum Gasteiger partial charge on any atom is -0.378 e. The Balaban J connectivity index is 1.82. The van der Waals surface area contributed by atoms with E-state index in [1.54, 1.807) is 0 Å². The molecule has 0 spiro atoms. The van der Waals surface area contributed by atoms with Crippen LogP contribution in [0.4, 0.5) is 5.69 Å². The van der Waals surface area contributed by atoms with Gasteiger partial charge in [0.2, 0.25) is 0 Å². The van der Waals surface area contributed by atoms with Crippen LogP contribution in [0.25, 0.3) is 44.4 Å². The molecule has 0 amide bonds. The molecule has 0 atom stereocenters. The summed E-state index contributed by atoms with van der Waals surface area (Å²) in [5, 5.41) is 21.0. The van der Waals surface area contributed by atoms with E-state index in [1.807, 2.05) is 24.3 Å². The van der Waals surface area contributed by atoms with Gasteiger partial charge < -0.3 is 4.90 Å². The predicted molar refractivity (Wildman–Crippen MR) is 123 cm³/mol. The molecule has 1 heterocycles. The Kier molecular flexibility index (Phi) is 4.03. The van der Waals surface area contributed by atoms with E-state index in [1.165, 1.54) is 22.4 Å². The highest BCUT2D eigenvalue weighted by atomic mass is 15.1. The molecule has 31 heavy (non-hydrogen) atoms. The third-order valence-corrected chi connectivity index (χ3v) is 5.96. The van der Waals surface area contributed by atoms with Crippen molar-refractivity contribution in [2.24, 2.45) is 0 Å². The second kappa shape index (κ2) is 6.65. The smallest absolute Gasteiger partial charge is 0.177 e. The zero-order valence-electron chi connectivity index (χ0n) is 17.8. The van der Waals surface area contributed by atoms with Crippen LogP contribution >= 0.6 is 0 Å². The second-order valence-electron chi connectivity index (χ2n) is 8.08. The lowest BCUT2D eigenvalue weighted by atomic mass is 9.89. The summed E-state index contributed by atoms with van der Waals surface area (Å²) in [7, 11) is 4.10. The fraction of sp³-hybridized carbons (Fsp3) is 0.154. The quantitative estimate of drug-likeness (QED) is 0.397. The van der Waals surface area contributed by atoms with E-state index in [4.69, 9.17) is 0 Å². The van der Waals surface area contributed by atoms with Crippen molar-refractivity contribution in [2.45, 2.75) is 13.8 Å². The summed E-state index contributed by atoms with van der Waals surface area (Å²) < 4.78 is 0. The number of fused-ring (bicyclic) bond motifs is 3. The van der Waals surface area contributed by atoms with Gasteiger partial charge in [-0.05, 0) is 53.6 Å². The number of anilines is 1. The largest absolute Gasteiger partial charge is 0.378 e. The molecule has 0 saturated heterocycles. The van der Waals surface area contributed by atoms with Gasteiger partial charge in [-0.1, -0.05) is 30.3 Å². The number of hydrogen-bond acceptors (Lipinski definition) is 5. The summed E-state index contributed by atoms with van der Waals surface area (Å²) in [5.41, 5.74) is 9.39. The Morgan fingerprint density at radius 2 is 1.32 bits per heavy atom. The van der Waals surface area contributed by atoms with Gasteiger partial charge in [0.25, 0.3) is 0 Å². The van der Waals surface area contributed by atoms with Crippen LogP contribution in [0, 0.1) is 36.5 Å². The lowest BCUT2D eigenvalue weighted by molar-refractivity contribution is 1.12.